The predicted molar refractivity (Wildman–Crippen MR) is 142 cm³/mol. The number of ether oxygens (including phenoxy) is 1. The number of benzene rings is 1. The number of carbonyl (C=O) groups excluding carboxylic acids is 3. The summed E-state index contributed by atoms with van der Waals surface area (Å²) in [6, 6.07) is 10.3. The van der Waals surface area contributed by atoms with Crippen LogP contribution in [-0.4, -0.2) is 56.1 Å². The minimum absolute atomic E-state index is 0.0386. The molecule has 6 unspecified atom stereocenters. The Labute approximate surface area is 226 Å². The highest BCUT2D eigenvalue weighted by Crippen LogP contribution is 2.50. The number of amides is 3. The summed E-state index contributed by atoms with van der Waals surface area (Å²) in [6.07, 6.45) is 9.56. The van der Waals surface area contributed by atoms with Crippen LogP contribution in [0.3, 0.4) is 0 Å². The lowest BCUT2D eigenvalue weighted by molar-refractivity contribution is -0.217. The molecular weight excluding hydrogens is 480 g/mol. The van der Waals surface area contributed by atoms with Gasteiger partial charge < -0.3 is 4.74 Å². The third-order valence-electron chi connectivity index (χ3n) is 10.1. The largest absolute Gasteiger partial charge is 0.443 e. The molecule has 0 spiro atoms. The fourth-order valence-corrected chi connectivity index (χ4v) is 8.00. The molecule has 1 aromatic rings. The topological polar surface area (TPSA) is 82.2 Å². The first-order chi connectivity index (χ1) is 18.1. The Bertz CT molecular complexity index is 1100. The van der Waals surface area contributed by atoms with E-state index in [-0.39, 0.29) is 30.0 Å². The fraction of sp³-hybridized carbons (Fsp3) is 0.700. The van der Waals surface area contributed by atoms with E-state index in [0.717, 1.165) is 29.7 Å². The lowest BCUT2D eigenvalue weighted by Crippen LogP contribution is -2.78. The quantitative estimate of drug-likeness (QED) is 0.623. The summed E-state index contributed by atoms with van der Waals surface area (Å²) in [5.74, 6) is 3.28. The first kappa shape index (κ1) is 25.7. The lowest BCUT2D eigenvalue weighted by atomic mass is 9.89. The van der Waals surface area contributed by atoms with Gasteiger partial charge in [0.2, 0.25) is 0 Å². The normalized spacial score (nSPS) is 35.5. The van der Waals surface area contributed by atoms with E-state index in [2.05, 4.69) is 5.43 Å². The predicted octanol–water partition coefficient (Wildman–Crippen LogP) is 4.65. The Hall–Kier alpha value is -2.61. The molecule has 3 amide bonds. The van der Waals surface area contributed by atoms with E-state index in [1.807, 2.05) is 49.2 Å². The van der Waals surface area contributed by atoms with Gasteiger partial charge in [0, 0.05) is 0 Å². The fourth-order valence-electron chi connectivity index (χ4n) is 8.00. The Morgan fingerprint density at radius 3 is 1.97 bits per heavy atom. The van der Waals surface area contributed by atoms with Crippen LogP contribution in [0.5, 0.6) is 0 Å². The van der Waals surface area contributed by atoms with Crippen LogP contribution < -0.4 is 5.43 Å². The monoisotopic (exact) mass is 522 g/mol. The van der Waals surface area contributed by atoms with E-state index in [1.54, 1.807) is 23.9 Å². The number of rotatable bonds is 4. The minimum Gasteiger partial charge on any atom is -0.443 e. The summed E-state index contributed by atoms with van der Waals surface area (Å²) in [4.78, 5) is 37.1. The molecule has 206 valence electrons. The van der Waals surface area contributed by atoms with Crippen molar-refractivity contribution in [1.82, 2.24) is 20.5 Å². The molecule has 6 aliphatic rings. The number of hydrogen-bond donors (Lipinski definition) is 1. The first-order valence-electron chi connectivity index (χ1n) is 14.5. The zero-order valence-electron chi connectivity index (χ0n) is 23.2. The average Bonchev–Trinajstić information content (AvgIpc) is 3.72. The second-order valence-electron chi connectivity index (χ2n) is 13.5. The van der Waals surface area contributed by atoms with Crippen molar-refractivity contribution in [3.8, 4) is 0 Å². The third kappa shape index (κ3) is 4.19. The van der Waals surface area contributed by atoms with Crippen molar-refractivity contribution in [3.05, 3.63) is 35.9 Å². The van der Waals surface area contributed by atoms with Crippen molar-refractivity contribution >= 4 is 17.9 Å². The van der Waals surface area contributed by atoms with E-state index in [9.17, 15) is 14.4 Å². The molecule has 0 radical (unpaired) electrons. The Balaban J connectivity index is 0.000000159. The molecule has 6 atom stereocenters. The van der Waals surface area contributed by atoms with Gasteiger partial charge in [0.1, 0.15) is 17.7 Å². The van der Waals surface area contributed by atoms with Crippen molar-refractivity contribution in [2.45, 2.75) is 109 Å². The molecule has 4 saturated carbocycles. The summed E-state index contributed by atoms with van der Waals surface area (Å²) in [7, 11) is 0. The molecule has 0 aromatic heterocycles. The van der Waals surface area contributed by atoms with Gasteiger partial charge in [-0.15, -0.1) is 0 Å². The van der Waals surface area contributed by atoms with Crippen molar-refractivity contribution in [2.24, 2.45) is 23.7 Å². The number of fused-ring (bicyclic) bond motifs is 4. The maximum atomic E-state index is 12.6. The van der Waals surface area contributed by atoms with Crippen molar-refractivity contribution in [3.63, 3.8) is 0 Å². The van der Waals surface area contributed by atoms with E-state index >= 15 is 0 Å². The summed E-state index contributed by atoms with van der Waals surface area (Å²) in [5.41, 5.74) is 3.11. The van der Waals surface area contributed by atoms with Gasteiger partial charge in [-0.25, -0.2) is 20.2 Å². The second kappa shape index (κ2) is 9.25. The van der Waals surface area contributed by atoms with Gasteiger partial charge in [0.15, 0.2) is 0 Å². The molecule has 38 heavy (non-hydrogen) atoms. The van der Waals surface area contributed by atoms with Gasteiger partial charge in [0.05, 0.1) is 12.1 Å². The summed E-state index contributed by atoms with van der Waals surface area (Å²) >= 11 is 0. The molecule has 7 rings (SSSR count). The molecule has 8 heteroatoms. The number of carbonyl (C=O) groups is 3. The SMILES string of the molecule is CC1(C)C(=O)N(C2CC3CCC2C3)N1C(=O)OCc1ccccc1.CC1(C)NN(C2CC3CCC2C3)C1=O. The molecule has 2 aliphatic heterocycles. The van der Waals surface area contributed by atoms with Crippen LogP contribution in [0.25, 0.3) is 0 Å². The number of nitrogens with one attached hydrogen (secondary N) is 1. The van der Waals surface area contributed by atoms with E-state index < -0.39 is 11.6 Å². The Morgan fingerprint density at radius 1 is 0.868 bits per heavy atom. The van der Waals surface area contributed by atoms with Crippen LogP contribution in [0.15, 0.2) is 30.3 Å². The third-order valence-corrected chi connectivity index (χ3v) is 10.1. The molecule has 4 aliphatic carbocycles. The van der Waals surface area contributed by atoms with Gasteiger partial charge in [-0.2, -0.15) is 0 Å². The highest BCUT2D eigenvalue weighted by atomic mass is 16.6. The van der Waals surface area contributed by atoms with Crippen LogP contribution in [0.4, 0.5) is 4.79 Å². The summed E-state index contributed by atoms with van der Waals surface area (Å²) in [5, 5.41) is 5.14. The number of hydrogen-bond acceptors (Lipinski definition) is 5. The van der Waals surface area contributed by atoms with Crippen LogP contribution in [0.1, 0.15) is 84.6 Å². The van der Waals surface area contributed by atoms with Crippen molar-refractivity contribution < 1.29 is 19.1 Å². The van der Waals surface area contributed by atoms with Crippen LogP contribution in [0, 0.1) is 23.7 Å². The van der Waals surface area contributed by atoms with Gasteiger partial charge >= 0.3 is 6.09 Å². The zero-order valence-corrected chi connectivity index (χ0v) is 23.2. The maximum absolute atomic E-state index is 12.6. The van der Waals surface area contributed by atoms with Crippen molar-refractivity contribution in [1.29, 1.82) is 0 Å². The maximum Gasteiger partial charge on any atom is 0.430 e. The minimum atomic E-state index is -0.810. The summed E-state index contributed by atoms with van der Waals surface area (Å²) in [6.45, 7) is 7.73. The van der Waals surface area contributed by atoms with Crippen LogP contribution >= 0.6 is 0 Å². The molecular formula is C30H42N4O4. The van der Waals surface area contributed by atoms with Crippen LogP contribution in [0.2, 0.25) is 0 Å². The zero-order chi connectivity index (χ0) is 26.8. The standard InChI is InChI=1S/C19H24N2O3.C11H18N2O/c1-19(2)17(22)20(16-11-14-8-9-15(16)10-14)21(19)18(23)24-12-13-6-4-3-5-7-13;1-11(2)10(14)13(12-11)9-6-7-3-4-8(9)5-7/h3-7,14-16H,8-12H2,1-2H3;7-9,12H,3-6H2,1-2H3. The molecule has 1 aromatic carbocycles. The van der Waals surface area contributed by atoms with Crippen molar-refractivity contribution in [2.75, 3.05) is 0 Å². The molecule has 6 fully saturated rings. The van der Waals surface area contributed by atoms with E-state index in [1.165, 1.54) is 44.9 Å². The van der Waals surface area contributed by atoms with Gasteiger partial charge in [-0.3, -0.25) is 14.6 Å². The molecule has 4 bridgehead atoms. The summed E-state index contributed by atoms with van der Waals surface area (Å²) < 4.78 is 5.48. The molecule has 8 nitrogen and oxygen atoms in total. The van der Waals surface area contributed by atoms with E-state index in [0.29, 0.717) is 12.0 Å². The second-order valence-corrected chi connectivity index (χ2v) is 13.5. The van der Waals surface area contributed by atoms with Gasteiger partial charge in [0.25, 0.3) is 11.8 Å². The average molecular weight is 523 g/mol. The Kier molecular flexibility index (Phi) is 6.24. The smallest absolute Gasteiger partial charge is 0.430 e. The highest BCUT2D eigenvalue weighted by molar-refractivity contribution is 5.96. The molecule has 1 N–H and O–H groups in total. The van der Waals surface area contributed by atoms with Gasteiger partial charge in [-0.1, -0.05) is 43.2 Å². The first-order valence-corrected chi connectivity index (χ1v) is 14.5. The van der Waals surface area contributed by atoms with E-state index in [4.69, 9.17) is 4.74 Å². The van der Waals surface area contributed by atoms with Crippen LogP contribution in [-0.2, 0) is 20.9 Å². The number of nitrogens with zero attached hydrogens (tertiary/aromatic N) is 3. The lowest BCUT2D eigenvalue weighted by Gasteiger charge is -2.57. The molecule has 2 saturated heterocycles. The van der Waals surface area contributed by atoms with Gasteiger partial charge in [-0.05, 0) is 95.5 Å². The molecule has 2 heterocycles. The number of hydrazine groups is 2. The highest BCUT2D eigenvalue weighted by Gasteiger charge is 2.61. The Morgan fingerprint density at radius 2 is 1.47 bits per heavy atom.